The molecule has 2 aliphatic rings. The third kappa shape index (κ3) is 3.87. The minimum absolute atomic E-state index is 0.0141. The van der Waals surface area contributed by atoms with E-state index in [1.54, 1.807) is 0 Å². The van der Waals surface area contributed by atoms with Crippen LogP contribution in [-0.2, 0) is 16.0 Å². The van der Waals surface area contributed by atoms with Crippen LogP contribution in [0.5, 0.6) is 0 Å². The second-order valence-corrected chi connectivity index (χ2v) is 7.16. The number of hydrogen-bond acceptors (Lipinski definition) is 5. The van der Waals surface area contributed by atoms with E-state index in [0.717, 1.165) is 75.8 Å². The topological polar surface area (TPSA) is 53.6 Å². The Morgan fingerprint density at radius 2 is 1.80 bits per heavy atom. The number of benzene rings is 1. The number of nitrogens with zero attached hydrogens (tertiary/aromatic N) is 3. The Morgan fingerprint density at radius 3 is 2.56 bits per heavy atom. The van der Waals surface area contributed by atoms with Crippen molar-refractivity contribution in [3.8, 4) is 0 Å². The highest BCUT2D eigenvalue weighted by Gasteiger charge is 2.21. The first kappa shape index (κ1) is 17.0. The molecule has 0 aliphatic carbocycles. The van der Waals surface area contributed by atoms with Gasteiger partial charge in [-0.3, -0.25) is 4.90 Å². The number of hydrogen-bond donors (Lipinski definition) is 1. The van der Waals surface area contributed by atoms with Crippen molar-refractivity contribution in [2.75, 3.05) is 45.9 Å². The number of aromatic amines is 1. The van der Waals surface area contributed by atoms with E-state index in [0.29, 0.717) is 0 Å². The highest BCUT2D eigenvalue weighted by atomic mass is 16.7. The molecule has 0 atom stereocenters. The first-order valence-corrected chi connectivity index (χ1v) is 9.32. The van der Waals surface area contributed by atoms with E-state index in [1.165, 1.54) is 11.1 Å². The van der Waals surface area contributed by atoms with Crippen LogP contribution in [0.2, 0.25) is 0 Å². The molecule has 1 aromatic heterocycles. The highest BCUT2D eigenvalue weighted by molar-refractivity contribution is 5.79. The molecule has 0 bridgehead atoms. The van der Waals surface area contributed by atoms with Crippen LogP contribution >= 0.6 is 0 Å². The lowest BCUT2D eigenvalue weighted by Crippen LogP contribution is -2.46. The van der Waals surface area contributed by atoms with E-state index in [2.05, 4.69) is 40.8 Å². The van der Waals surface area contributed by atoms with Crippen molar-refractivity contribution in [3.63, 3.8) is 0 Å². The van der Waals surface area contributed by atoms with Crippen LogP contribution in [0.25, 0.3) is 11.0 Å². The van der Waals surface area contributed by atoms with Gasteiger partial charge in [0, 0.05) is 39.1 Å². The second kappa shape index (κ2) is 7.41. The van der Waals surface area contributed by atoms with Gasteiger partial charge >= 0.3 is 0 Å². The van der Waals surface area contributed by atoms with Crippen molar-refractivity contribution in [3.05, 3.63) is 29.1 Å². The number of fused-ring (bicyclic) bond motifs is 1. The summed E-state index contributed by atoms with van der Waals surface area (Å²) in [5.41, 5.74) is 4.84. The first-order valence-electron chi connectivity index (χ1n) is 9.32. The van der Waals surface area contributed by atoms with Crippen molar-refractivity contribution in [1.82, 2.24) is 19.8 Å². The summed E-state index contributed by atoms with van der Waals surface area (Å²) in [6, 6.07) is 4.30. The van der Waals surface area contributed by atoms with E-state index in [1.807, 2.05) is 0 Å². The summed E-state index contributed by atoms with van der Waals surface area (Å²) < 4.78 is 11.0. The maximum Gasteiger partial charge on any atom is 0.159 e. The van der Waals surface area contributed by atoms with Crippen molar-refractivity contribution in [2.45, 2.75) is 33.1 Å². The third-order valence-corrected chi connectivity index (χ3v) is 5.44. The summed E-state index contributed by atoms with van der Waals surface area (Å²) in [7, 11) is 0. The number of nitrogens with one attached hydrogen (secondary N) is 1. The summed E-state index contributed by atoms with van der Waals surface area (Å²) in [5.74, 6) is 1.07. The largest absolute Gasteiger partial charge is 0.350 e. The number of imidazole rings is 1. The predicted molar refractivity (Wildman–Crippen MR) is 97.6 cm³/mol. The van der Waals surface area contributed by atoms with Crippen LogP contribution in [0.4, 0.5) is 0 Å². The molecule has 25 heavy (non-hydrogen) atoms. The monoisotopic (exact) mass is 344 g/mol. The van der Waals surface area contributed by atoms with Gasteiger partial charge < -0.3 is 19.4 Å². The molecule has 0 unspecified atom stereocenters. The minimum atomic E-state index is 0.0141. The minimum Gasteiger partial charge on any atom is -0.350 e. The molecule has 136 valence electrons. The zero-order valence-electron chi connectivity index (χ0n) is 15.3. The maximum absolute atomic E-state index is 5.52. The molecule has 2 aromatic rings. The lowest BCUT2D eigenvalue weighted by molar-refractivity contribution is -0.0533. The van der Waals surface area contributed by atoms with Crippen molar-refractivity contribution in [1.29, 1.82) is 0 Å². The van der Waals surface area contributed by atoms with Crippen LogP contribution in [-0.4, -0.2) is 72.0 Å². The molecule has 0 saturated carbocycles. The Kier molecular flexibility index (Phi) is 5.03. The van der Waals surface area contributed by atoms with Crippen LogP contribution < -0.4 is 0 Å². The second-order valence-electron chi connectivity index (χ2n) is 7.16. The van der Waals surface area contributed by atoms with Gasteiger partial charge in [-0.05, 0) is 31.0 Å². The van der Waals surface area contributed by atoms with Gasteiger partial charge in [-0.15, -0.1) is 0 Å². The van der Waals surface area contributed by atoms with Gasteiger partial charge in [0.1, 0.15) is 5.82 Å². The van der Waals surface area contributed by atoms with Gasteiger partial charge in [0.2, 0.25) is 0 Å². The van der Waals surface area contributed by atoms with E-state index < -0.39 is 0 Å². The fraction of sp³-hybridized carbons (Fsp3) is 0.632. The summed E-state index contributed by atoms with van der Waals surface area (Å²) in [5, 5.41) is 0. The quantitative estimate of drug-likeness (QED) is 0.900. The Morgan fingerprint density at radius 1 is 1.08 bits per heavy atom. The predicted octanol–water partition coefficient (Wildman–Crippen LogP) is 2.06. The van der Waals surface area contributed by atoms with Gasteiger partial charge in [-0.25, -0.2) is 4.98 Å². The Labute approximate surface area is 149 Å². The number of H-pyrrole nitrogens is 1. The Hall–Kier alpha value is -1.47. The van der Waals surface area contributed by atoms with E-state index in [4.69, 9.17) is 14.5 Å². The summed E-state index contributed by atoms with van der Waals surface area (Å²) in [6.07, 6.45) is 0.989. The normalized spacial score (nSPS) is 20.7. The SMILES string of the molecule is Cc1ccc2[nH]c(CN3CCN(CCC4OCCO4)CC3)nc2c1C. The van der Waals surface area contributed by atoms with Crippen molar-refractivity contribution in [2.24, 2.45) is 0 Å². The molecular weight excluding hydrogens is 316 g/mol. The molecule has 2 aliphatic heterocycles. The fourth-order valence-corrected chi connectivity index (χ4v) is 3.68. The molecule has 2 fully saturated rings. The Balaban J connectivity index is 1.29. The van der Waals surface area contributed by atoms with Gasteiger partial charge in [0.15, 0.2) is 6.29 Å². The summed E-state index contributed by atoms with van der Waals surface area (Å²) >= 11 is 0. The molecule has 6 heteroatoms. The number of aromatic nitrogens is 2. The van der Waals surface area contributed by atoms with E-state index in [-0.39, 0.29) is 6.29 Å². The highest BCUT2D eigenvalue weighted by Crippen LogP contribution is 2.20. The van der Waals surface area contributed by atoms with Gasteiger partial charge in [-0.2, -0.15) is 0 Å². The van der Waals surface area contributed by atoms with Crippen LogP contribution in [0.1, 0.15) is 23.4 Å². The average molecular weight is 344 g/mol. The lowest BCUT2D eigenvalue weighted by atomic mass is 10.1. The zero-order chi connectivity index (χ0) is 17.2. The molecule has 1 N–H and O–H groups in total. The van der Waals surface area contributed by atoms with Crippen LogP contribution in [0.3, 0.4) is 0 Å². The number of piperazine rings is 1. The summed E-state index contributed by atoms with van der Waals surface area (Å²) in [6.45, 7) is 12.1. The standard InChI is InChI=1S/C19H28N4O2/c1-14-3-4-16-19(15(14)2)21-17(20-16)13-23-9-7-22(8-10-23)6-5-18-24-11-12-25-18/h3-4,18H,5-13H2,1-2H3,(H,20,21). The molecule has 3 heterocycles. The van der Waals surface area contributed by atoms with E-state index in [9.17, 15) is 0 Å². The molecule has 6 nitrogen and oxygen atoms in total. The number of rotatable bonds is 5. The molecule has 2 saturated heterocycles. The molecule has 0 spiro atoms. The Bertz CT molecular complexity index is 716. The third-order valence-electron chi connectivity index (χ3n) is 5.44. The molecular formula is C19H28N4O2. The molecule has 0 amide bonds. The average Bonchev–Trinajstić information content (AvgIpc) is 3.27. The number of ether oxygens (including phenoxy) is 2. The van der Waals surface area contributed by atoms with Gasteiger partial charge in [0.25, 0.3) is 0 Å². The van der Waals surface area contributed by atoms with Crippen LogP contribution in [0, 0.1) is 13.8 Å². The smallest absolute Gasteiger partial charge is 0.159 e. The molecule has 1 aromatic carbocycles. The molecule has 0 radical (unpaired) electrons. The van der Waals surface area contributed by atoms with Crippen molar-refractivity contribution >= 4 is 11.0 Å². The zero-order valence-corrected chi connectivity index (χ0v) is 15.3. The first-order chi connectivity index (χ1) is 12.2. The maximum atomic E-state index is 5.52. The summed E-state index contributed by atoms with van der Waals surface area (Å²) in [4.78, 5) is 13.3. The van der Waals surface area contributed by atoms with E-state index >= 15 is 0 Å². The lowest BCUT2D eigenvalue weighted by Gasteiger charge is -2.34. The van der Waals surface area contributed by atoms with Gasteiger partial charge in [-0.1, -0.05) is 6.07 Å². The van der Waals surface area contributed by atoms with Crippen molar-refractivity contribution < 1.29 is 9.47 Å². The van der Waals surface area contributed by atoms with Crippen LogP contribution in [0.15, 0.2) is 12.1 Å². The molecule has 4 rings (SSSR count). The fourth-order valence-electron chi connectivity index (χ4n) is 3.68. The number of aryl methyl sites for hydroxylation is 2. The van der Waals surface area contributed by atoms with Gasteiger partial charge in [0.05, 0.1) is 30.8 Å².